The third-order valence-electron chi connectivity index (χ3n) is 19.7. The molecule has 0 saturated carbocycles. The Morgan fingerprint density at radius 1 is 0.470 bits per heavy atom. The number of rotatable bonds is 96. The molecule has 4 rings (SSSR count). The number of quaternary nitrogens is 1. The van der Waals surface area contributed by atoms with Crippen LogP contribution in [-0.2, 0) is 161 Å². The number of anilines is 1. The number of fused-ring (bicyclic) bond motifs is 2. The quantitative estimate of drug-likeness (QED) is 0.0138. The Morgan fingerprint density at radius 3 is 1.16 bits per heavy atom. The van der Waals surface area contributed by atoms with Crippen LogP contribution in [0.1, 0.15) is 104 Å². The summed E-state index contributed by atoms with van der Waals surface area (Å²) >= 11 is 14.2. The number of nitrogens with zero attached hydrogens (tertiary/aromatic N) is 3. The highest BCUT2D eigenvalue weighted by atomic mass is 35.5. The molecule has 2 aromatic carbocycles. The van der Waals surface area contributed by atoms with Gasteiger partial charge in [0, 0.05) is 85.8 Å². The van der Waals surface area contributed by atoms with Gasteiger partial charge < -0.3 is 144 Å². The van der Waals surface area contributed by atoms with Gasteiger partial charge in [-0.15, -0.1) is 0 Å². The summed E-state index contributed by atoms with van der Waals surface area (Å²) in [4.78, 5) is 27.6. The van der Waals surface area contributed by atoms with Crippen LogP contribution in [0.25, 0.3) is 17.1 Å². The number of halogens is 2. The maximum Gasteiger partial charge on any atom is 0.303 e. The SMILES string of the molecule is CC[NH+](CC)CC.COCCOCCOCCOCCOCCOCCOCCOCCOCCOCCOCCOCCOCCOCCOCCOCCOCCOCCOCCOCCOCCOCCOCCOCCNC(=O)CCCCC[n+]1c(C=CC=C2N(CCCSOO[O-])c3ccc(S(=O)(=O)[O-])cc3C2(C)C)n(CCCCCC(=O)O)c2cc(Cl)c(Cl)cc21. The molecule has 3 N–H and O–H groups in total. The number of imidazole rings is 1. The molecule has 1 aliphatic heterocycles. The van der Waals surface area contributed by atoms with E-state index in [-0.39, 0.29) is 17.2 Å². The van der Waals surface area contributed by atoms with E-state index in [2.05, 4.69) is 49.5 Å². The van der Waals surface area contributed by atoms with Gasteiger partial charge in [0.2, 0.25) is 5.91 Å². The number of aliphatic carboxylic acids is 1. The van der Waals surface area contributed by atoms with Crippen molar-refractivity contribution >= 4 is 80.0 Å². The van der Waals surface area contributed by atoms with Crippen molar-refractivity contribution in [1.29, 1.82) is 0 Å². The molecule has 0 radical (unpaired) electrons. The number of unbranched alkanes of at least 4 members (excludes halogenated alkanes) is 4. The van der Waals surface area contributed by atoms with Crippen LogP contribution >= 0.6 is 35.2 Å². The fourth-order valence-electron chi connectivity index (χ4n) is 12.8. The molecule has 0 aliphatic carbocycles. The Labute approximate surface area is 797 Å². The predicted octanol–water partition coefficient (Wildman–Crippen LogP) is 6.38. The summed E-state index contributed by atoms with van der Waals surface area (Å²) in [7, 11) is -3.10. The van der Waals surface area contributed by atoms with Crippen molar-refractivity contribution in [3.8, 4) is 0 Å². The standard InChI is InChI=1S/C84H142Cl2N4O33S2.C6H15N/c1-84(2)74-70-73(125(95,96)97)16-17-77(74)88(21-11-69-124-123-122-94)80(84)12-10-14-82-89(78-71-75(85)76(86)72-79(78)90(82)20-9-5-7-15-83(92)93)19-8-4-6-13-81(91)87-18-22-99-25-26-101-29-30-103-33-34-105-37-38-107-41-42-109-45-46-111-49-50-113-53-54-115-57-58-117-61-62-119-65-66-121-68-67-120-64-63-118-60-59-116-56-55-114-52-51-112-48-47-110-44-43-108-40-39-106-36-35-104-32-31-102-28-27-100-24-23-98-3;1-4-7(5-2)6-3/h10,12,14,16-17,70-72H,4-9,11,13,15,18-69H2,1-3H3,(H3-,87,91,92,93,94,95,96,97);4-6H2,1-3H3. The van der Waals surface area contributed by atoms with Crippen LogP contribution in [0.5, 0.6) is 0 Å². The summed E-state index contributed by atoms with van der Waals surface area (Å²) in [6.45, 7) is 38.3. The van der Waals surface area contributed by atoms with Crippen molar-refractivity contribution in [3.63, 3.8) is 0 Å². The number of benzene rings is 2. The van der Waals surface area contributed by atoms with Gasteiger partial charge >= 0.3 is 5.97 Å². The van der Waals surface area contributed by atoms with Gasteiger partial charge in [0.1, 0.15) is 10.1 Å². The molecule has 0 spiro atoms. The molecule has 0 unspecified atom stereocenters. The van der Waals surface area contributed by atoms with E-state index in [9.17, 15) is 32.9 Å². The highest BCUT2D eigenvalue weighted by molar-refractivity contribution is 7.94. The molecule has 38 nitrogen and oxygen atoms in total. The minimum Gasteiger partial charge on any atom is -0.744 e. The van der Waals surface area contributed by atoms with Crippen molar-refractivity contribution in [1.82, 2.24) is 9.88 Å². The van der Waals surface area contributed by atoms with Crippen LogP contribution < -0.4 is 24.9 Å². The minimum atomic E-state index is -4.74. The van der Waals surface area contributed by atoms with E-state index >= 15 is 0 Å². The van der Waals surface area contributed by atoms with E-state index in [4.69, 9.17) is 137 Å². The number of carboxylic acids is 1. The second-order valence-corrected chi connectivity index (χ2v) is 32.8. The largest absolute Gasteiger partial charge is 0.744 e. The van der Waals surface area contributed by atoms with E-state index in [1.54, 1.807) is 18.1 Å². The maximum atomic E-state index is 12.8. The van der Waals surface area contributed by atoms with E-state index < -0.39 is 21.5 Å². The lowest BCUT2D eigenvalue weighted by Gasteiger charge is -2.27. The van der Waals surface area contributed by atoms with Crippen molar-refractivity contribution in [2.75, 3.05) is 361 Å². The number of aryl methyl sites for hydroxylation is 2. The number of carbonyl (C=O) groups is 2. The highest BCUT2D eigenvalue weighted by Crippen LogP contribution is 2.48. The first-order chi connectivity index (χ1) is 64.5. The second-order valence-electron chi connectivity index (χ2n) is 29.8. The lowest BCUT2D eigenvalue weighted by molar-refractivity contribution is -0.894. The molecule has 1 aromatic heterocycles. The third-order valence-corrected chi connectivity index (χ3v) is 21.9. The normalized spacial score (nSPS) is 13.1. The van der Waals surface area contributed by atoms with Gasteiger partial charge in [0.05, 0.1) is 358 Å². The number of ether oxygens (including phenoxy) is 24. The zero-order valence-electron chi connectivity index (χ0n) is 79.3. The lowest BCUT2D eigenvalue weighted by atomic mass is 9.83. The van der Waals surface area contributed by atoms with Crippen LogP contribution in [0.4, 0.5) is 5.69 Å². The molecule has 1 amide bonds. The van der Waals surface area contributed by atoms with Crippen LogP contribution in [0.15, 0.2) is 53.1 Å². The van der Waals surface area contributed by atoms with Gasteiger partial charge in [0.25, 0.3) is 5.82 Å². The first-order valence-electron chi connectivity index (χ1n) is 46.4. The van der Waals surface area contributed by atoms with Gasteiger partial charge in [-0.05, 0) is 95.6 Å². The molecule has 0 atom stereocenters. The van der Waals surface area contributed by atoms with Gasteiger partial charge in [-0.3, -0.25) is 14.6 Å². The Bertz CT molecular complexity index is 3410. The van der Waals surface area contributed by atoms with Gasteiger partial charge in [-0.1, -0.05) is 43.1 Å². The number of hydrogen-bond acceptors (Lipinski definition) is 34. The average Bonchev–Trinajstić information content (AvgIpc) is 1.58. The molecule has 3 aromatic rings. The molecule has 132 heavy (non-hydrogen) atoms. The molecule has 2 heterocycles. The van der Waals surface area contributed by atoms with E-state index in [1.807, 2.05) is 44.2 Å². The zero-order valence-corrected chi connectivity index (χ0v) is 82.4. The topological polar surface area (TPSA) is 403 Å². The first kappa shape index (κ1) is 122. The predicted molar refractivity (Wildman–Crippen MR) is 494 cm³/mol. The Kier molecular flexibility index (Phi) is 79.5. The summed E-state index contributed by atoms with van der Waals surface area (Å²) in [6, 6.07) is 8.05. The highest BCUT2D eigenvalue weighted by Gasteiger charge is 2.40. The molecule has 42 heteroatoms. The van der Waals surface area contributed by atoms with Crippen LogP contribution in [-0.4, -0.2) is 391 Å². The Morgan fingerprint density at radius 2 is 0.818 bits per heavy atom. The summed E-state index contributed by atoms with van der Waals surface area (Å²) in [5, 5.41) is 26.9. The van der Waals surface area contributed by atoms with Crippen molar-refractivity contribution in [2.24, 2.45) is 0 Å². The van der Waals surface area contributed by atoms with E-state index in [0.717, 1.165) is 53.1 Å². The number of aromatic nitrogens is 2. The lowest BCUT2D eigenvalue weighted by Crippen LogP contribution is -3.11. The number of hydrogen-bond donors (Lipinski definition) is 3. The summed E-state index contributed by atoms with van der Waals surface area (Å²) in [5.74, 6) is 0.327. The molecule has 766 valence electrons. The number of nitrogens with one attached hydrogen (secondary N) is 2. The zero-order chi connectivity index (χ0) is 95.4. The van der Waals surface area contributed by atoms with Crippen LogP contribution in [0.3, 0.4) is 0 Å². The summed E-state index contributed by atoms with van der Waals surface area (Å²) < 4.78 is 177. The van der Waals surface area contributed by atoms with Crippen molar-refractivity contribution < 1.29 is 165 Å². The number of methoxy groups -OCH3 is 1. The van der Waals surface area contributed by atoms with Crippen molar-refractivity contribution in [3.05, 3.63) is 69.6 Å². The van der Waals surface area contributed by atoms with Crippen LogP contribution in [0, 0.1) is 0 Å². The molecule has 0 fully saturated rings. The summed E-state index contributed by atoms with van der Waals surface area (Å²) in [6.07, 6.45) is 10.8. The minimum absolute atomic E-state index is 0.0656. The smallest absolute Gasteiger partial charge is 0.303 e. The van der Waals surface area contributed by atoms with Gasteiger partial charge in [-0.25, -0.2) is 17.6 Å². The summed E-state index contributed by atoms with van der Waals surface area (Å²) in [5.41, 5.74) is 3.18. The molecule has 0 saturated heterocycles. The Balaban J connectivity index is 0.00000614. The third kappa shape index (κ3) is 63.4. The fourth-order valence-corrected chi connectivity index (χ4v) is 13.9. The molecular weight excluding hydrogens is 1810 g/mol. The fraction of sp³-hybridized carbons (Fsp3) is 0.789. The molecular formula is C90H157Cl2N5O33S2. The monoisotopic (exact) mass is 1970 g/mol. The maximum absolute atomic E-state index is 12.8. The number of amides is 1. The Hall–Kier alpha value is -4.15. The molecule has 0 bridgehead atoms. The van der Waals surface area contributed by atoms with E-state index in [0.29, 0.717) is 397 Å². The number of allylic oxidation sites excluding steroid dienone is 3. The number of carbonyl (C=O) groups excluding carboxylic acids is 1. The van der Waals surface area contributed by atoms with Gasteiger partial charge in [0.15, 0.2) is 11.0 Å². The molecule has 1 aliphatic rings. The first-order valence-corrected chi connectivity index (χ1v) is 49.5. The second kappa shape index (κ2) is 86.0. The van der Waals surface area contributed by atoms with Crippen molar-refractivity contribution in [2.45, 2.75) is 116 Å². The number of carboxylic acid groups (broad SMARTS) is 1. The average molecular weight is 1970 g/mol. The van der Waals surface area contributed by atoms with E-state index in [1.165, 1.54) is 31.8 Å². The van der Waals surface area contributed by atoms with Crippen LogP contribution in [0.2, 0.25) is 10.0 Å². The van der Waals surface area contributed by atoms with Gasteiger partial charge in [-0.2, -0.15) is 4.33 Å².